The lowest BCUT2D eigenvalue weighted by Crippen LogP contribution is -2.57. The van der Waals surface area contributed by atoms with Crippen molar-refractivity contribution in [2.45, 2.75) is 19.0 Å². The van der Waals surface area contributed by atoms with E-state index in [1.54, 1.807) is 52.7 Å². The minimum absolute atomic E-state index is 0.0706. The van der Waals surface area contributed by atoms with E-state index in [9.17, 15) is 9.59 Å². The summed E-state index contributed by atoms with van der Waals surface area (Å²) in [6, 6.07) is 10.5. The van der Waals surface area contributed by atoms with Crippen LogP contribution in [0.4, 0.5) is 11.4 Å². The van der Waals surface area contributed by atoms with Crippen LogP contribution in [0.15, 0.2) is 55.0 Å². The summed E-state index contributed by atoms with van der Waals surface area (Å²) in [5.41, 5.74) is 3.30. The molecule has 2 aliphatic heterocycles. The van der Waals surface area contributed by atoms with Crippen LogP contribution in [0.2, 0.25) is 10.0 Å². The number of benzene rings is 1. The van der Waals surface area contributed by atoms with Gasteiger partial charge in [0.1, 0.15) is 5.69 Å². The third-order valence-corrected chi connectivity index (χ3v) is 6.34. The summed E-state index contributed by atoms with van der Waals surface area (Å²) >= 11 is 12.2. The summed E-state index contributed by atoms with van der Waals surface area (Å²) in [4.78, 5) is 37.3. The predicted octanol–water partition coefficient (Wildman–Crippen LogP) is 4.44. The summed E-state index contributed by atoms with van der Waals surface area (Å²) in [5.74, 6) is -0.260. The first-order valence-electron chi connectivity index (χ1n) is 10.2. The first kappa shape index (κ1) is 20.7. The summed E-state index contributed by atoms with van der Waals surface area (Å²) in [5, 5.41) is 4.34. The standard InChI is InChI=1S/C23H19Cl2N5O2/c1-13-19-7-14(24)4-5-18(19)22(31)30(13)17-8-15(9-26-10-17)28-16-11-29(12-16)23(32)21-20(25)3-2-6-27-21/h2-10,13,16,28H,11-12H2,1H3/t13-/m0/s1. The van der Waals surface area contributed by atoms with Gasteiger partial charge in [0.05, 0.1) is 40.9 Å². The second kappa shape index (κ2) is 8.07. The molecule has 9 heteroatoms. The fourth-order valence-corrected chi connectivity index (χ4v) is 4.55. The smallest absolute Gasteiger partial charge is 0.274 e. The van der Waals surface area contributed by atoms with E-state index in [4.69, 9.17) is 23.2 Å². The van der Waals surface area contributed by atoms with E-state index < -0.39 is 0 Å². The summed E-state index contributed by atoms with van der Waals surface area (Å²) in [7, 11) is 0. The zero-order valence-corrected chi connectivity index (χ0v) is 18.6. The molecule has 32 heavy (non-hydrogen) atoms. The molecule has 2 aromatic heterocycles. The first-order valence-corrected chi connectivity index (χ1v) is 10.9. The number of fused-ring (bicyclic) bond motifs is 1. The number of nitrogens with one attached hydrogen (secondary N) is 1. The Bertz CT molecular complexity index is 1230. The zero-order valence-electron chi connectivity index (χ0n) is 17.1. The molecule has 0 bridgehead atoms. The van der Waals surface area contributed by atoms with Crippen molar-refractivity contribution < 1.29 is 9.59 Å². The summed E-state index contributed by atoms with van der Waals surface area (Å²) < 4.78 is 0. The van der Waals surface area contributed by atoms with Gasteiger partial charge in [0, 0.05) is 29.9 Å². The number of hydrogen-bond donors (Lipinski definition) is 1. The van der Waals surface area contributed by atoms with Crippen molar-refractivity contribution in [1.29, 1.82) is 0 Å². The average molecular weight is 468 g/mol. The van der Waals surface area contributed by atoms with Gasteiger partial charge in [-0.2, -0.15) is 0 Å². The van der Waals surface area contributed by atoms with Gasteiger partial charge < -0.3 is 10.2 Å². The van der Waals surface area contributed by atoms with E-state index in [2.05, 4.69) is 15.3 Å². The fourth-order valence-electron chi connectivity index (χ4n) is 4.16. The van der Waals surface area contributed by atoms with Crippen molar-refractivity contribution in [3.8, 4) is 0 Å². The van der Waals surface area contributed by atoms with Gasteiger partial charge in [-0.1, -0.05) is 23.2 Å². The molecule has 1 atom stereocenters. The molecule has 0 saturated carbocycles. The molecule has 1 saturated heterocycles. The predicted molar refractivity (Wildman–Crippen MR) is 123 cm³/mol. The number of likely N-dealkylation sites (tertiary alicyclic amines) is 1. The van der Waals surface area contributed by atoms with Gasteiger partial charge in [-0.15, -0.1) is 0 Å². The minimum atomic E-state index is -0.187. The molecule has 0 spiro atoms. The molecule has 5 rings (SSSR count). The molecular formula is C23H19Cl2N5O2. The summed E-state index contributed by atoms with van der Waals surface area (Å²) in [6.07, 6.45) is 4.93. The van der Waals surface area contributed by atoms with Crippen molar-refractivity contribution in [3.63, 3.8) is 0 Å². The number of carbonyl (C=O) groups is 2. The topological polar surface area (TPSA) is 78.4 Å². The van der Waals surface area contributed by atoms with Crippen molar-refractivity contribution in [3.05, 3.63) is 81.9 Å². The number of rotatable bonds is 4. The van der Waals surface area contributed by atoms with Crippen LogP contribution in [0.1, 0.15) is 39.4 Å². The van der Waals surface area contributed by atoms with Gasteiger partial charge >= 0.3 is 0 Å². The fraction of sp³-hybridized carbons (Fsp3) is 0.217. The Balaban J connectivity index is 1.27. The van der Waals surface area contributed by atoms with E-state index >= 15 is 0 Å². The van der Waals surface area contributed by atoms with Gasteiger partial charge in [-0.3, -0.25) is 19.5 Å². The monoisotopic (exact) mass is 467 g/mol. The Morgan fingerprint density at radius 3 is 2.75 bits per heavy atom. The number of amides is 2. The highest BCUT2D eigenvalue weighted by atomic mass is 35.5. The second-order valence-corrected chi connectivity index (χ2v) is 8.74. The highest BCUT2D eigenvalue weighted by molar-refractivity contribution is 6.33. The van der Waals surface area contributed by atoms with Gasteiger partial charge in [-0.05, 0) is 48.9 Å². The number of nitrogens with zero attached hydrogens (tertiary/aromatic N) is 4. The van der Waals surface area contributed by atoms with Crippen LogP contribution in [-0.2, 0) is 0 Å². The van der Waals surface area contributed by atoms with Gasteiger partial charge in [0.2, 0.25) is 0 Å². The van der Waals surface area contributed by atoms with Crippen molar-refractivity contribution in [2.75, 3.05) is 23.3 Å². The number of halogens is 2. The largest absolute Gasteiger partial charge is 0.377 e. The van der Waals surface area contributed by atoms with Crippen LogP contribution in [0.25, 0.3) is 0 Å². The lowest BCUT2D eigenvalue weighted by molar-refractivity contribution is 0.0619. The molecule has 0 aliphatic carbocycles. The Labute approximate surface area is 195 Å². The zero-order chi connectivity index (χ0) is 22.4. The number of pyridine rings is 2. The lowest BCUT2D eigenvalue weighted by atomic mass is 10.1. The van der Waals surface area contributed by atoms with Gasteiger partial charge in [-0.25, -0.2) is 4.98 Å². The molecule has 162 valence electrons. The van der Waals surface area contributed by atoms with Crippen LogP contribution in [0.5, 0.6) is 0 Å². The molecule has 0 unspecified atom stereocenters. The van der Waals surface area contributed by atoms with Gasteiger partial charge in [0.15, 0.2) is 0 Å². The number of anilines is 2. The van der Waals surface area contributed by atoms with E-state index in [1.165, 1.54) is 0 Å². The maximum Gasteiger partial charge on any atom is 0.274 e. The maximum absolute atomic E-state index is 13.0. The van der Waals surface area contributed by atoms with Crippen molar-refractivity contribution >= 4 is 46.4 Å². The molecular weight excluding hydrogens is 449 g/mol. The van der Waals surface area contributed by atoms with Crippen LogP contribution in [-0.4, -0.2) is 45.8 Å². The Morgan fingerprint density at radius 1 is 1.16 bits per heavy atom. The van der Waals surface area contributed by atoms with E-state index in [1.807, 2.05) is 19.1 Å². The van der Waals surface area contributed by atoms with E-state index in [0.29, 0.717) is 34.4 Å². The van der Waals surface area contributed by atoms with Crippen molar-refractivity contribution in [2.24, 2.45) is 0 Å². The van der Waals surface area contributed by atoms with Crippen LogP contribution in [0, 0.1) is 0 Å². The van der Waals surface area contributed by atoms with E-state index in [-0.39, 0.29) is 29.6 Å². The minimum Gasteiger partial charge on any atom is -0.377 e. The van der Waals surface area contributed by atoms with Crippen LogP contribution in [0.3, 0.4) is 0 Å². The number of carbonyl (C=O) groups excluding carboxylic acids is 2. The van der Waals surface area contributed by atoms with Crippen LogP contribution < -0.4 is 10.2 Å². The molecule has 1 N–H and O–H groups in total. The van der Waals surface area contributed by atoms with Crippen molar-refractivity contribution in [1.82, 2.24) is 14.9 Å². The molecule has 4 heterocycles. The highest BCUT2D eigenvalue weighted by Gasteiger charge is 2.36. The molecule has 1 fully saturated rings. The third kappa shape index (κ3) is 3.57. The Hall–Kier alpha value is -3.16. The molecule has 7 nitrogen and oxygen atoms in total. The Kier molecular flexibility index (Phi) is 5.23. The second-order valence-electron chi connectivity index (χ2n) is 7.90. The molecule has 1 aromatic carbocycles. The normalized spacial score (nSPS) is 17.8. The number of aromatic nitrogens is 2. The highest BCUT2D eigenvalue weighted by Crippen LogP contribution is 2.38. The van der Waals surface area contributed by atoms with Crippen LogP contribution >= 0.6 is 23.2 Å². The molecule has 0 radical (unpaired) electrons. The molecule has 3 aromatic rings. The number of hydrogen-bond acceptors (Lipinski definition) is 5. The SMILES string of the molecule is C[C@H]1c2cc(Cl)ccc2C(=O)N1c1cncc(NC2CN(C(=O)c3ncccc3Cl)C2)c1. The quantitative estimate of drug-likeness (QED) is 0.613. The first-order chi connectivity index (χ1) is 15.4. The van der Waals surface area contributed by atoms with E-state index in [0.717, 1.165) is 11.3 Å². The summed E-state index contributed by atoms with van der Waals surface area (Å²) in [6.45, 7) is 3.02. The lowest BCUT2D eigenvalue weighted by Gasteiger charge is -2.40. The molecule has 2 amide bonds. The van der Waals surface area contributed by atoms with Gasteiger partial charge in [0.25, 0.3) is 11.8 Å². The Morgan fingerprint density at radius 2 is 1.97 bits per heavy atom. The average Bonchev–Trinajstić information content (AvgIpc) is 3.00. The molecule has 2 aliphatic rings. The third-order valence-electron chi connectivity index (χ3n) is 5.80. The maximum atomic E-state index is 13.0.